The van der Waals surface area contributed by atoms with Gasteiger partial charge in [-0.3, -0.25) is 0 Å². The predicted molar refractivity (Wildman–Crippen MR) is 90.7 cm³/mol. The normalized spacial score (nSPS) is 12.0. The Balaban J connectivity index is 1.90. The first-order valence-electron chi connectivity index (χ1n) is 7.80. The molecule has 0 saturated heterocycles. The van der Waals surface area contributed by atoms with Crippen LogP contribution in [0.25, 0.3) is 0 Å². The molecule has 2 aromatic carbocycles. The molecule has 0 heterocycles. The van der Waals surface area contributed by atoms with Crippen LogP contribution in [0.5, 0.6) is 11.5 Å². The van der Waals surface area contributed by atoms with Crippen LogP contribution in [0.15, 0.2) is 48.5 Å². The summed E-state index contributed by atoms with van der Waals surface area (Å²) in [6.07, 6.45) is 0. The van der Waals surface area contributed by atoms with Crippen molar-refractivity contribution in [2.45, 2.75) is 26.3 Å². The van der Waals surface area contributed by atoms with E-state index in [1.165, 1.54) is 11.1 Å². The average molecular weight is 299 g/mol. The zero-order valence-corrected chi connectivity index (χ0v) is 13.6. The van der Waals surface area contributed by atoms with Gasteiger partial charge < -0.3 is 14.8 Å². The SMILES string of the molecule is CCOc1cc(CNC[C@H](C)c2ccccc2)ccc1OC. The van der Waals surface area contributed by atoms with Crippen LogP contribution in [0.2, 0.25) is 0 Å². The van der Waals surface area contributed by atoms with Crippen molar-refractivity contribution in [2.24, 2.45) is 0 Å². The fourth-order valence-corrected chi connectivity index (χ4v) is 2.43. The minimum absolute atomic E-state index is 0.491. The molecule has 2 rings (SSSR count). The number of hydrogen-bond donors (Lipinski definition) is 1. The van der Waals surface area contributed by atoms with E-state index in [0.29, 0.717) is 12.5 Å². The molecule has 0 fully saturated rings. The van der Waals surface area contributed by atoms with E-state index in [4.69, 9.17) is 9.47 Å². The van der Waals surface area contributed by atoms with Gasteiger partial charge >= 0.3 is 0 Å². The lowest BCUT2D eigenvalue weighted by atomic mass is 10.0. The first-order valence-corrected chi connectivity index (χ1v) is 7.80. The highest BCUT2D eigenvalue weighted by Crippen LogP contribution is 2.28. The molecule has 0 spiro atoms. The maximum Gasteiger partial charge on any atom is 0.161 e. The van der Waals surface area contributed by atoms with E-state index in [9.17, 15) is 0 Å². The highest BCUT2D eigenvalue weighted by molar-refractivity contribution is 5.42. The van der Waals surface area contributed by atoms with Crippen LogP contribution in [0, 0.1) is 0 Å². The molecule has 0 aliphatic rings. The Hall–Kier alpha value is -2.00. The zero-order chi connectivity index (χ0) is 15.8. The van der Waals surface area contributed by atoms with Crippen molar-refractivity contribution in [3.05, 3.63) is 59.7 Å². The standard InChI is InChI=1S/C19H25NO2/c1-4-22-19-12-16(10-11-18(19)21-3)14-20-13-15(2)17-8-6-5-7-9-17/h5-12,15,20H,4,13-14H2,1-3H3/t15-/m0/s1. The molecule has 0 radical (unpaired) electrons. The summed E-state index contributed by atoms with van der Waals surface area (Å²) in [7, 11) is 1.66. The molecule has 0 aromatic heterocycles. The van der Waals surface area contributed by atoms with E-state index in [2.05, 4.69) is 48.6 Å². The van der Waals surface area contributed by atoms with Gasteiger partial charge in [0, 0.05) is 13.1 Å². The second-order valence-corrected chi connectivity index (χ2v) is 5.36. The van der Waals surface area contributed by atoms with Gasteiger partial charge in [-0.05, 0) is 36.1 Å². The molecular formula is C19H25NO2. The molecule has 0 saturated carbocycles. The molecule has 2 aromatic rings. The Morgan fingerprint density at radius 3 is 2.50 bits per heavy atom. The van der Waals surface area contributed by atoms with Crippen molar-refractivity contribution in [2.75, 3.05) is 20.3 Å². The molecule has 1 N–H and O–H groups in total. The van der Waals surface area contributed by atoms with E-state index in [0.717, 1.165) is 24.6 Å². The first kappa shape index (κ1) is 16.4. The predicted octanol–water partition coefficient (Wildman–Crippen LogP) is 3.99. The maximum atomic E-state index is 5.61. The summed E-state index contributed by atoms with van der Waals surface area (Å²) < 4.78 is 10.9. The number of methoxy groups -OCH3 is 1. The molecule has 118 valence electrons. The maximum absolute atomic E-state index is 5.61. The third-order valence-corrected chi connectivity index (χ3v) is 3.68. The van der Waals surface area contributed by atoms with Gasteiger partial charge in [0.2, 0.25) is 0 Å². The van der Waals surface area contributed by atoms with Crippen molar-refractivity contribution in [1.29, 1.82) is 0 Å². The molecule has 3 nitrogen and oxygen atoms in total. The summed E-state index contributed by atoms with van der Waals surface area (Å²) in [5, 5.41) is 3.51. The quantitative estimate of drug-likeness (QED) is 0.799. The summed E-state index contributed by atoms with van der Waals surface area (Å²) >= 11 is 0. The second-order valence-electron chi connectivity index (χ2n) is 5.36. The third kappa shape index (κ3) is 4.50. The topological polar surface area (TPSA) is 30.5 Å². The Morgan fingerprint density at radius 1 is 1.05 bits per heavy atom. The van der Waals surface area contributed by atoms with Crippen LogP contribution in [-0.4, -0.2) is 20.3 Å². The van der Waals surface area contributed by atoms with Crippen molar-refractivity contribution in [3.8, 4) is 11.5 Å². The molecule has 0 bridgehead atoms. The molecule has 0 aliphatic carbocycles. The van der Waals surface area contributed by atoms with Crippen LogP contribution in [0.1, 0.15) is 30.9 Å². The fraction of sp³-hybridized carbons (Fsp3) is 0.368. The van der Waals surface area contributed by atoms with Crippen LogP contribution < -0.4 is 14.8 Å². The van der Waals surface area contributed by atoms with Crippen molar-refractivity contribution in [3.63, 3.8) is 0 Å². The molecule has 3 heteroatoms. The summed E-state index contributed by atoms with van der Waals surface area (Å²) in [6.45, 7) is 6.62. The largest absolute Gasteiger partial charge is 0.493 e. The van der Waals surface area contributed by atoms with Gasteiger partial charge in [0.1, 0.15) is 0 Å². The highest BCUT2D eigenvalue weighted by atomic mass is 16.5. The lowest BCUT2D eigenvalue weighted by Crippen LogP contribution is -2.19. The van der Waals surface area contributed by atoms with Crippen LogP contribution in [-0.2, 0) is 6.54 Å². The molecule has 0 unspecified atom stereocenters. The van der Waals surface area contributed by atoms with Crippen LogP contribution in [0.4, 0.5) is 0 Å². The van der Waals surface area contributed by atoms with Gasteiger partial charge in [-0.2, -0.15) is 0 Å². The van der Waals surface area contributed by atoms with Crippen LogP contribution in [0.3, 0.4) is 0 Å². The molecular weight excluding hydrogens is 274 g/mol. The zero-order valence-electron chi connectivity index (χ0n) is 13.6. The van der Waals surface area contributed by atoms with Gasteiger partial charge in [-0.25, -0.2) is 0 Å². The average Bonchev–Trinajstić information content (AvgIpc) is 2.56. The number of benzene rings is 2. The Morgan fingerprint density at radius 2 is 1.82 bits per heavy atom. The van der Waals surface area contributed by atoms with Crippen molar-refractivity contribution < 1.29 is 9.47 Å². The van der Waals surface area contributed by atoms with Crippen molar-refractivity contribution >= 4 is 0 Å². The molecule has 22 heavy (non-hydrogen) atoms. The first-order chi connectivity index (χ1) is 10.7. The van der Waals surface area contributed by atoms with E-state index in [1.807, 2.05) is 19.1 Å². The number of hydrogen-bond acceptors (Lipinski definition) is 3. The fourth-order valence-electron chi connectivity index (χ4n) is 2.43. The van der Waals surface area contributed by atoms with E-state index in [-0.39, 0.29) is 0 Å². The van der Waals surface area contributed by atoms with E-state index in [1.54, 1.807) is 7.11 Å². The van der Waals surface area contributed by atoms with Gasteiger partial charge in [0.25, 0.3) is 0 Å². The minimum Gasteiger partial charge on any atom is -0.493 e. The molecule has 0 amide bonds. The third-order valence-electron chi connectivity index (χ3n) is 3.68. The summed E-state index contributed by atoms with van der Waals surface area (Å²) in [6, 6.07) is 16.6. The lowest BCUT2D eigenvalue weighted by molar-refractivity contribution is 0.310. The second kappa shape index (κ2) is 8.44. The Kier molecular flexibility index (Phi) is 6.28. The molecule has 0 aliphatic heterocycles. The van der Waals surface area contributed by atoms with Crippen molar-refractivity contribution in [1.82, 2.24) is 5.32 Å². The highest BCUT2D eigenvalue weighted by Gasteiger charge is 2.07. The number of ether oxygens (including phenoxy) is 2. The monoisotopic (exact) mass is 299 g/mol. The smallest absolute Gasteiger partial charge is 0.161 e. The number of rotatable bonds is 8. The van der Waals surface area contributed by atoms with Gasteiger partial charge in [-0.15, -0.1) is 0 Å². The van der Waals surface area contributed by atoms with Gasteiger partial charge in [0.15, 0.2) is 11.5 Å². The number of nitrogens with one attached hydrogen (secondary N) is 1. The summed E-state index contributed by atoms with van der Waals surface area (Å²) in [4.78, 5) is 0. The molecule has 1 atom stereocenters. The Bertz CT molecular complexity index is 569. The van der Waals surface area contributed by atoms with Gasteiger partial charge in [-0.1, -0.05) is 43.3 Å². The minimum atomic E-state index is 0.491. The lowest BCUT2D eigenvalue weighted by Gasteiger charge is -2.14. The summed E-state index contributed by atoms with van der Waals surface area (Å²) in [5.41, 5.74) is 2.56. The summed E-state index contributed by atoms with van der Waals surface area (Å²) in [5.74, 6) is 2.08. The van der Waals surface area contributed by atoms with E-state index < -0.39 is 0 Å². The van der Waals surface area contributed by atoms with Gasteiger partial charge in [0.05, 0.1) is 13.7 Å². The van der Waals surface area contributed by atoms with E-state index >= 15 is 0 Å². The van der Waals surface area contributed by atoms with Crippen LogP contribution >= 0.6 is 0 Å². The Labute approximate surface area is 133 Å².